The number of benzene rings is 1. The van der Waals surface area contributed by atoms with Crippen molar-refractivity contribution >= 4 is 11.0 Å². The van der Waals surface area contributed by atoms with E-state index in [4.69, 9.17) is 5.73 Å². The summed E-state index contributed by atoms with van der Waals surface area (Å²) in [6.07, 6.45) is 4.22. The Hall–Kier alpha value is -2.19. The second-order valence-corrected chi connectivity index (χ2v) is 5.71. The van der Waals surface area contributed by atoms with E-state index in [2.05, 4.69) is 16.8 Å². The van der Waals surface area contributed by atoms with E-state index in [1.165, 1.54) is 6.42 Å². The highest BCUT2D eigenvalue weighted by Gasteiger charge is 2.18. The molecule has 1 fully saturated rings. The number of rotatable bonds is 2. The van der Waals surface area contributed by atoms with Crippen LogP contribution in [0, 0.1) is 11.8 Å². The first kappa shape index (κ1) is 14.7. The van der Waals surface area contributed by atoms with Gasteiger partial charge in [0.1, 0.15) is 0 Å². The second-order valence-electron chi connectivity index (χ2n) is 5.71. The maximum Gasteiger partial charge on any atom is 0.347 e. The van der Waals surface area contributed by atoms with Crippen LogP contribution >= 0.6 is 0 Å². The van der Waals surface area contributed by atoms with Gasteiger partial charge in [0.05, 0.1) is 11.0 Å². The average Bonchev–Trinajstić information content (AvgIpc) is 2.80. The van der Waals surface area contributed by atoms with Gasteiger partial charge in [-0.2, -0.15) is 0 Å². The standard InChI is InChI=1S/C17H22N4O/c1-19-16-13-14(7-3-4-10-18)8-9-15(16)21(17(19)22)20-11-5-2-6-12-20/h8-9,13H,2,4-6,10-12,18H2,1H3. The Labute approximate surface area is 130 Å². The summed E-state index contributed by atoms with van der Waals surface area (Å²) in [6, 6.07) is 5.96. The summed E-state index contributed by atoms with van der Waals surface area (Å²) in [5.41, 5.74) is 8.28. The molecule has 2 aromatic rings. The number of aryl methyl sites for hydroxylation is 1. The number of aromatic nitrogens is 2. The Morgan fingerprint density at radius 2 is 1.95 bits per heavy atom. The van der Waals surface area contributed by atoms with Crippen LogP contribution in [0.2, 0.25) is 0 Å². The molecule has 0 amide bonds. The summed E-state index contributed by atoms with van der Waals surface area (Å²) in [5, 5.41) is 2.16. The van der Waals surface area contributed by atoms with Crippen molar-refractivity contribution in [3.8, 4) is 11.8 Å². The van der Waals surface area contributed by atoms with E-state index in [1.54, 1.807) is 4.57 Å². The van der Waals surface area contributed by atoms with Crippen molar-refractivity contribution in [1.82, 2.24) is 9.24 Å². The van der Waals surface area contributed by atoms with E-state index in [9.17, 15) is 4.79 Å². The van der Waals surface area contributed by atoms with Crippen LogP contribution in [0.5, 0.6) is 0 Å². The van der Waals surface area contributed by atoms with Gasteiger partial charge in [-0.1, -0.05) is 11.8 Å². The molecule has 0 spiro atoms. The Morgan fingerprint density at radius 1 is 1.18 bits per heavy atom. The molecule has 0 unspecified atom stereocenters. The maximum absolute atomic E-state index is 12.6. The van der Waals surface area contributed by atoms with E-state index in [1.807, 2.05) is 29.9 Å². The molecule has 1 aliphatic rings. The summed E-state index contributed by atoms with van der Waals surface area (Å²) in [6.45, 7) is 2.45. The third kappa shape index (κ3) is 2.62. The molecule has 0 bridgehead atoms. The minimum absolute atomic E-state index is 0.0176. The molecule has 3 rings (SSSR count). The van der Waals surface area contributed by atoms with Crippen molar-refractivity contribution in [3.05, 3.63) is 34.2 Å². The van der Waals surface area contributed by atoms with Crippen molar-refractivity contribution in [2.24, 2.45) is 12.8 Å². The molecular weight excluding hydrogens is 276 g/mol. The van der Waals surface area contributed by atoms with Crippen LogP contribution in [0.15, 0.2) is 23.0 Å². The summed E-state index contributed by atoms with van der Waals surface area (Å²) >= 11 is 0. The minimum Gasteiger partial charge on any atom is -0.330 e. The average molecular weight is 298 g/mol. The van der Waals surface area contributed by atoms with Gasteiger partial charge in [-0.25, -0.2) is 9.47 Å². The maximum atomic E-state index is 12.6. The second kappa shape index (κ2) is 6.29. The van der Waals surface area contributed by atoms with Gasteiger partial charge in [0.15, 0.2) is 0 Å². The third-order valence-corrected chi connectivity index (χ3v) is 4.15. The summed E-state index contributed by atoms with van der Waals surface area (Å²) in [7, 11) is 1.82. The molecule has 5 nitrogen and oxygen atoms in total. The Morgan fingerprint density at radius 3 is 2.68 bits per heavy atom. The molecule has 0 aliphatic carbocycles. The molecule has 2 N–H and O–H groups in total. The largest absolute Gasteiger partial charge is 0.347 e. The molecule has 1 aromatic heterocycles. The lowest BCUT2D eigenvalue weighted by molar-refractivity contribution is 0.474. The van der Waals surface area contributed by atoms with E-state index >= 15 is 0 Å². The molecule has 2 heterocycles. The van der Waals surface area contributed by atoms with Crippen molar-refractivity contribution in [2.45, 2.75) is 25.7 Å². The molecule has 0 saturated carbocycles. The highest BCUT2D eigenvalue weighted by Crippen LogP contribution is 2.17. The molecule has 1 aromatic carbocycles. The van der Waals surface area contributed by atoms with Gasteiger partial charge >= 0.3 is 5.69 Å². The van der Waals surface area contributed by atoms with Gasteiger partial charge in [-0.05, 0) is 37.5 Å². The van der Waals surface area contributed by atoms with Gasteiger partial charge in [0, 0.05) is 38.7 Å². The number of hydrogen-bond acceptors (Lipinski definition) is 3. The van der Waals surface area contributed by atoms with Crippen LogP contribution in [0.3, 0.4) is 0 Å². The molecule has 0 atom stereocenters. The monoisotopic (exact) mass is 298 g/mol. The Balaban J connectivity index is 2.06. The zero-order valence-electron chi connectivity index (χ0n) is 13.0. The number of nitrogens with two attached hydrogens (primary N) is 1. The van der Waals surface area contributed by atoms with Crippen LogP contribution < -0.4 is 16.4 Å². The van der Waals surface area contributed by atoms with Crippen molar-refractivity contribution in [2.75, 3.05) is 24.6 Å². The lowest BCUT2D eigenvalue weighted by Gasteiger charge is -2.29. The van der Waals surface area contributed by atoms with Crippen molar-refractivity contribution in [3.63, 3.8) is 0 Å². The summed E-state index contributed by atoms with van der Waals surface area (Å²) in [5.74, 6) is 6.15. The number of piperidine rings is 1. The summed E-state index contributed by atoms with van der Waals surface area (Å²) < 4.78 is 3.53. The van der Waals surface area contributed by atoms with Gasteiger partial charge < -0.3 is 10.7 Å². The van der Waals surface area contributed by atoms with Crippen LogP contribution in [0.25, 0.3) is 11.0 Å². The van der Waals surface area contributed by atoms with Crippen LogP contribution in [-0.4, -0.2) is 28.9 Å². The van der Waals surface area contributed by atoms with Crippen LogP contribution in [0.4, 0.5) is 0 Å². The van der Waals surface area contributed by atoms with E-state index in [-0.39, 0.29) is 5.69 Å². The van der Waals surface area contributed by atoms with Crippen LogP contribution in [-0.2, 0) is 7.05 Å². The van der Waals surface area contributed by atoms with Gasteiger partial charge in [-0.15, -0.1) is 0 Å². The van der Waals surface area contributed by atoms with Crippen molar-refractivity contribution in [1.29, 1.82) is 0 Å². The quantitative estimate of drug-likeness (QED) is 0.847. The first-order valence-electron chi connectivity index (χ1n) is 7.88. The fourth-order valence-corrected chi connectivity index (χ4v) is 2.98. The number of imidazole rings is 1. The highest BCUT2D eigenvalue weighted by atomic mass is 16.2. The van der Waals surface area contributed by atoms with E-state index < -0.39 is 0 Å². The molecule has 22 heavy (non-hydrogen) atoms. The molecule has 1 aliphatic heterocycles. The van der Waals surface area contributed by atoms with Gasteiger partial charge in [-0.3, -0.25) is 4.57 Å². The topological polar surface area (TPSA) is 56.2 Å². The molecule has 116 valence electrons. The minimum atomic E-state index is 0.0176. The van der Waals surface area contributed by atoms with Crippen molar-refractivity contribution < 1.29 is 0 Å². The highest BCUT2D eigenvalue weighted by molar-refractivity contribution is 5.78. The molecule has 0 radical (unpaired) electrons. The summed E-state index contributed by atoms with van der Waals surface area (Å²) in [4.78, 5) is 12.6. The number of hydrogen-bond donors (Lipinski definition) is 1. The molecule has 1 saturated heterocycles. The fourth-order valence-electron chi connectivity index (χ4n) is 2.98. The smallest absolute Gasteiger partial charge is 0.330 e. The van der Waals surface area contributed by atoms with Gasteiger partial charge in [0.2, 0.25) is 0 Å². The van der Waals surface area contributed by atoms with E-state index in [0.717, 1.165) is 42.5 Å². The Kier molecular flexibility index (Phi) is 4.21. The SMILES string of the molecule is Cn1c(=O)n(N2CCCCC2)c2ccc(C#CCCN)cc21. The van der Waals surface area contributed by atoms with Crippen LogP contribution in [0.1, 0.15) is 31.2 Å². The van der Waals surface area contributed by atoms with E-state index in [0.29, 0.717) is 13.0 Å². The zero-order chi connectivity index (χ0) is 15.5. The number of fused-ring (bicyclic) bond motifs is 1. The molecular formula is C17H22N4O. The lowest BCUT2D eigenvalue weighted by Crippen LogP contribution is -2.45. The Bertz CT molecular complexity index is 785. The predicted molar refractivity (Wildman–Crippen MR) is 89.5 cm³/mol. The third-order valence-electron chi connectivity index (χ3n) is 4.15. The fraction of sp³-hybridized carbons (Fsp3) is 0.471. The zero-order valence-corrected chi connectivity index (χ0v) is 13.0. The normalized spacial score (nSPS) is 14.9. The number of nitrogens with zero attached hydrogens (tertiary/aromatic N) is 3. The first-order chi connectivity index (χ1) is 10.7. The molecule has 5 heteroatoms. The van der Waals surface area contributed by atoms with Gasteiger partial charge in [0.25, 0.3) is 0 Å². The predicted octanol–water partition coefficient (Wildman–Crippen LogP) is 1.16. The first-order valence-corrected chi connectivity index (χ1v) is 7.88. The lowest BCUT2D eigenvalue weighted by atomic mass is 10.1.